The Morgan fingerprint density at radius 3 is 2.44 bits per heavy atom. The van der Waals surface area contributed by atoms with Gasteiger partial charge in [0.15, 0.2) is 0 Å². The molecule has 0 saturated heterocycles. The molecule has 0 spiro atoms. The SMILES string of the molecule is CCCCN(CCO)c1nnc(C)c(C)n1. The van der Waals surface area contributed by atoms with Gasteiger partial charge in [-0.1, -0.05) is 13.3 Å². The van der Waals surface area contributed by atoms with Crippen molar-refractivity contribution in [1.29, 1.82) is 0 Å². The van der Waals surface area contributed by atoms with Crippen LogP contribution in [0.15, 0.2) is 0 Å². The van der Waals surface area contributed by atoms with Crippen LogP contribution >= 0.6 is 0 Å². The molecule has 0 unspecified atom stereocenters. The maximum absolute atomic E-state index is 9.00. The highest BCUT2D eigenvalue weighted by molar-refractivity contribution is 5.29. The van der Waals surface area contributed by atoms with Crippen molar-refractivity contribution >= 4 is 5.95 Å². The molecule has 16 heavy (non-hydrogen) atoms. The Kier molecular flexibility index (Phi) is 5.11. The molecule has 1 heterocycles. The zero-order valence-electron chi connectivity index (χ0n) is 10.3. The third-order valence-electron chi connectivity index (χ3n) is 2.52. The first-order valence-corrected chi connectivity index (χ1v) is 5.72. The molecular formula is C11H20N4O. The number of rotatable bonds is 6. The lowest BCUT2D eigenvalue weighted by Crippen LogP contribution is -2.30. The molecule has 1 N–H and O–H groups in total. The van der Waals surface area contributed by atoms with Crippen LogP contribution in [-0.2, 0) is 0 Å². The number of aryl methyl sites for hydroxylation is 2. The van der Waals surface area contributed by atoms with E-state index in [0.29, 0.717) is 12.5 Å². The van der Waals surface area contributed by atoms with Crippen LogP contribution in [0.5, 0.6) is 0 Å². The summed E-state index contributed by atoms with van der Waals surface area (Å²) >= 11 is 0. The Morgan fingerprint density at radius 1 is 1.12 bits per heavy atom. The van der Waals surface area contributed by atoms with Gasteiger partial charge in [-0.25, -0.2) is 4.98 Å². The number of aromatic nitrogens is 3. The van der Waals surface area contributed by atoms with Gasteiger partial charge in [-0.05, 0) is 20.3 Å². The Balaban J connectivity index is 2.78. The fraction of sp³-hybridized carbons (Fsp3) is 0.727. The minimum Gasteiger partial charge on any atom is -0.395 e. The topological polar surface area (TPSA) is 62.1 Å². The maximum atomic E-state index is 9.00. The molecule has 0 aliphatic heterocycles. The predicted molar refractivity (Wildman–Crippen MR) is 63.5 cm³/mol. The fourth-order valence-electron chi connectivity index (χ4n) is 1.36. The standard InChI is InChI=1S/C11H20N4O/c1-4-5-6-15(7-8-16)11-12-9(2)10(3)13-14-11/h16H,4-8H2,1-3H3. The van der Waals surface area contributed by atoms with E-state index >= 15 is 0 Å². The summed E-state index contributed by atoms with van der Waals surface area (Å²) in [6, 6.07) is 0. The second-order valence-corrected chi connectivity index (χ2v) is 3.85. The first-order valence-electron chi connectivity index (χ1n) is 5.72. The van der Waals surface area contributed by atoms with Gasteiger partial charge in [-0.15, -0.1) is 5.10 Å². The molecule has 5 nitrogen and oxygen atoms in total. The van der Waals surface area contributed by atoms with Crippen LogP contribution in [0, 0.1) is 13.8 Å². The molecule has 0 aliphatic rings. The molecule has 1 rings (SSSR count). The van der Waals surface area contributed by atoms with Gasteiger partial charge in [0, 0.05) is 13.1 Å². The van der Waals surface area contributed by atoms with Crippen LogP contribution in [0.25, 0.3) is 0 Å². The van der Waals surface area contributed by atoms with E-state index in [-0.39, 0.29) is 6.61 Å². The molecule has 0 fully saturated rings. The van der Waals surface area contributed by atoms with E-state index in [4.69, 9.17) is 5.11 Å². The highest BCUT2D eigenvalue weighted by Gasteiger charge is 2.10. The monoisotopic (exact) mass is 224 g/mol. The van der Waals surface area contributed by atoms with Crippen molar-refractivity contribution in [3.8, 4) is 0 Å². The molecule has 0 bridgehead atoms. The number of unbranched alkanes of at least 4 members (excludes halogenated alkanes) is 1. The summed E-state index contributed by atoms with van der Waals surface area (Å²) in [5.41, 5.74) is 1.74. The van der Waals surface area contributed by atoms with Gasteiger partial charge < -0.3 is 10.0 Å². The van der Waals surface area contributed by atoms with Crippen LogP contribution in [-0.4, -0.2) is 40.0 Å². The van der Waals surface area contributed by atoms with Crippen LogP contribution < -0.4 is 4.90 Å². The van der Waals surface area contributed by atoms with Crippen molar-refractivity contribution in [1.82, 2.24) is 15.2 Å². The van der Waals surface area contributed by atoms with Crippen molar-refractivity contribution in [2.75, 3.05) is 24.6 Å². The first kappa shape index (κ1) is 12.8. The van der Waals surface area contributed by atoms with Gasteiger partial charge in [0.1, 0.15) is 0 Å². The Hall–Kier alpha value is -1.23. The van der Waals surface area contributed by atoms with E-state index < -0.39 is 0 Å². The van der Waals surface area contributed by atoms with Crippen molar-refractivity contribution in [2.45, 2.75) is 33.6 Å². The Bertz CT molecular complexity index is 330. The van der Waals surface area contributed by atoms with Crippen molar-refractivity contribution in [3.63, 3.8) is 0 Å². The number of hydrogen-bond donors (Lipinski definition) is 1. The molecule has 5 heteroatoms. The van der Waals surface area contributed by atoms with E-state index in [1.807, 2.05) is 18.7 Å². The minimum atomic E-state index is 0.111. The molecule has 0 amide bonds. The van der Waals surface area contributed by atoms with E-state index in [0.717, 1.165) is 30.8 Å². The summed E-state index contributed by atoms with van der Waals surface area (Å²) < 4.78 is 0. The van der Waals surface area contributed by atoms with E-state index in [9.17, 15) is 0 Å². The number of hydrogen-bond acceptors (Lipinski definition) is 5. The average molecular weight is 224 g/mol. The van der Waals surface area contributed by atoms with Gasteiger partial charge >= 0.3 is 0 Å². The zero-order valence-corrected chi connectivity index (χ0v) is 10.3. The molecule has 90 valence electrons. The number of aliphatic hydroxyl groups excluding tert-OH is 1. The molecule has 0 aliphatic carbocycles. The van der Waals surface area contributed by atoms with E-state index in [1.54, 1.807) is 0 Å². The van der Waals surface area contributed by atoms with Gasteiger partial charge in [0.05, 0.1) is 18.0 Å². The van der Waals surface area contributed by atoms with Gasteiger partial charge in [-0.2, -0.15) is 5.10 Å². The lowest BCUT2D eigenvalue weighted by molar-refractivity contribution is 0.300. The highest BCUT2D eigenvalue weighted by atomic mass is 16.3. The van der Waals surface area contributed by atoms with Crippen LogP contribution in [0.2, 0.25) is 0 Å². The zero-order chi connectivity index (χ0) is 12.0. The number of anilines is 1. The highest BCUT2D eigenvalue weighted by Crippen LogP contribution is 2.09. The lowest BCUT2D eigenvalue weighted by atomic mass is 10.3. The number of aliphatic hydroxyl groups is 1. The van der Waals surface area contributed by atoms with Crippen LogP contribution in [0.3, 0.4) is 0 Å². The van der Waals surface area contributed by atoms with E-state index in [2.05, 4.69) is 22.1 Å². The lowest BCUT2D eigenvalue weighted by Gasteiger charge is -2.21. The summed E-state index contributed by atoms with van der Waals surface area (Å²) in [5, 5.41) is 17.1. The summed E-state index contributed by atoms with van der Waals surface area (Å²) in [7, 11) is 0. The normalized spacial score (nSPS) is 10.5. The van der Waals surface area contributed by atoms with Gasteiger partial charge in [-0.3, -0.25) is 0 Å². The molecule has 0 atom stereocenters. The van der Waals surface area contributed by atoms with Gasteiger partial charge in [0.25, 0.3) is 0 Å². The van der Waals surface area contributed by atoms with Crippen LogP contribution in [0.1, 0.15) is 31.2 Å². The van der Waals surface area contributed by atoms with Crippen molar-refractivity contribution in [3.05, 3.63) is 11.4 Å². The van der Waals surface area contributed by atoms with Crippen LogP contribution in [0.4, 0.5) is 5.95 Å². The van der Waals surface area contributed by atoms with Crippen molar-refractivity contribution < 1.29 is 5.11 Å². The number of nitrogens with zero attached hydrogens (tertiary/aromatic N) is 4. The quantitative estimate of drug-likeness (QED) is 0.783. The molecular weight excluding hydrogens is 204 g/mol. The predicted octanol–water partition coefficient (Wildman–Crippen LogP) is 1.09. The molecule has 1 aromatic rings. The molecule has 0 aromatic carbocycles. The second-order valence-electron chi connectivity index (χ2n) is 3.85. The summed E-state index contributed by atoms with van der Waals surface area (Å²) in [5.74, 6) is 0.616. The molecule has 0 radical (unpaired) electrons. The summed E-state index contributed by atoms with van der Waals surface area (Å²) in [6.45, 7) is 7.48. The maximum Gasteiger partial charge on any atom is 0.245 e. The van der Waals surface area contributed by atoms with Gasteiger partial charge in [0.2, 0.25) is 5.95 Å². The van der Waals surface area contributed by atoms with E-state index in [1.165, 1.54) is 0 Å². The summed E-state index contributed by atoms with van der Waals surface area (Å²) in [4.78, 5) is 6.36. The fourth-order valence-corrected chi connectivity index (χ4v) is 1.36. The third-order valence-corrected chi connectivity index (χ3v) is 2.52. The minimum absolute atomic E-state index is 0.111. The molecule has 1 aromatic heterocycles. The average Bonchev–Trinajstić information content (AvgIpc) is 2.28. The Morgan fingerprint density at radius 2 is 1.88 bits per heavy atom. The second kappa shape index (κ2) is 6.37. The molecule has 0 saturated carbocycles. The Labute approximate surface area is 96.5 Å². The third kappa shape index (κ3) is 3.41. The summed E-state index contributed by atoms with van der Waals surface area (Å²) in [6.07, 6.45) is 2.18. The largest absolute Gasteiger partial charge is 0.395 e. The van der Waals surface area contributed by atoms with Crippen molar-refractivity contribution in [2.24, 2.45) is 0 Å². The smallest absolute Gasteiger partial charge is 0.245 e. The first-order chi connectivity index (χ1) is 7.69.